The summed E-state index contributed by atoms with van der Waals surface area (Å²) >= 11 is 0. The van der Waals surface area contributed by atoms with Crippen LogP contribution in [0.1, 0.15) is 44.9 Å². The van der Waals surface area contributed by atoms with Gasteiger partial charge in [0.1, 0.15) is 12.4 Å². The van der Waals surface area contributed by atoms with Crippen molar-refractivity contribution in [2.75, 3.05) is 26.7 Å². The molecule has 1 heterocycles. The van der Waals surface area contributed by atoms with Crippen LogP contribution in [0.25, 0.3) is 0 Å². The van der Waals surface area contributed by atoms with Crippen LogP contribution in [0.5, 0.6) is 5.75 Å². The van der Waals surface area contributed by atoms with E-state index in [0.29, 0.717) is 19.2 Å². The van der Waals surface area contributed by atoms with Gasteiger partial charge in [-0.2, -0.15) is 0 Å². The molecule has 1 unspecified atom stereocenters. The van der Waals surface area contributed by atoms with Gasteiger partial charge in [-0.05, 0) is 69.2 Å². The molecule has 6 nitrogen and oxygen atoms in total. The number of hydrogen-bond donors (Lipinski definition) is 2. The summed E-state index contributed by atoms with van der Waals surface area (Å²) < 4.78 is 5.87. The molecule has 0 radical (unpaired) electrons. The summed E-state index contributed by atoms with van der Waals surface area (Å²) in [4.78, 5) is 11.1. The predicted octanol–water partition coefficient (Wildman–Crippen LogP) is 4.45. The van der Waals surface area contributed by atoms with Crippen molar-refractivity contribution in [3.8, 4) is 5.75 Å². The van der Waals surface area contributed by atoms with Crippen LogP contribution in [-0.2, 0) is 13.2 Å². The van der Waals surface area contributed by atoms with Crippen LogP contribution in [0.3, 0.4) is 0 Å². The molecule has 0 saturated heterocycles. The average Bonchev–Trinajstić information content (AvgIpc) is 2.79. The first-order valence-corrected chi connectivity index (χ1v) is 11.0. The van der Waals surface area contributed by atoms with Crippen molar-refractivity contribution in [2.45, 2.75) is 52.8 Å². The highest BCUT2D eigenvalue weighted by atomic mass is 127. The van der Waals surface area contributed by atoms with Gasteiger partial charge in [-0.25, -0.2) is 0 Å². The van der Waals surface area contributed by atoms with Crippen LogP contribution in [0.4, 0.5) is 0 Å². The van der Waals surface area contributed by atoms with Gasteiger partial charge < -0.3 is 20.3 Å². The fourth-order valence-corrected chi connectivity index (χ4v) is 3.23. The summed E-state index contributed by atoms with van der Waals surface area (Å²) in [5, 5.41) is 6.89. The maximum absolute atomic E-state index is 5.87. The summed E-state index contributed by atoms with van der Waals surface area (Å²) in [6.07, 6.45) is 4.08. The Morgan fingerprint density at radius 2 is 1.97 bits per heavy atom. The van der Waals surface area contributed by atoms with Crippen molar-refractivity contribution < 1.29 is 4.74 Å². The van der Waals surface area contributed by atoms with Crippen molar-refractivity contribution in [1.82, 2.24) is 20.5 Å². The Hall–Kier alpha value is -1.87. The molecule has 0 saturated carbocycles. The largest absolute Gasteiger partial charge is 0.487 e. The number of halogens is 1. The van der Waals surface area contributed by atoms with Gasteiger partial charge in [-0.3, -0.25) is 9.98 Å². The van der Waals surface area contributed by atoms with Gasteiger partial charge in [-0.15, -0.1) is 24.0 Å². The molecule has 172 valence electrons. The van der Waals surface area contributed by atoms with Crippen molar-refractivity contribution in [3.63, 3.8) is 0 Å². The fourth-order valence-electron chi connectivity index (χ4n) is 3.23. The molecule has 2 N–H and O–H groups in total. The molecule has 1 aromatic carbocycles. The number of hydrogen-bond acceptors (Lipinski definition) is 4. The predicted molar refractivity (Wildman–Crippen MR) is 140 cm³/mol. The first-order chi connectivity index (χ1) is 14.6. The summed E-state index contributed by atoms with van der Waals surface area (Å²) in [5.74, 6) is 1.66. The highest BCUT2D eigenvalue weighted by Gasteiger charge is 2.07. The molecular formula is C24H38IN5O. The molecular weight excluding hydrogens is 501 g/mol. The molecule has 0 fully saturated rings. The molecule has 0 aliphatic heterocycles. The number of benzene rings is 1. The standard InChI is InChI=1S/C24H37N5O.HI/c1-5-29(6-2)16-10-11-20(3)28-24(25-4)27-18-21-12-9-14-23(17-21)30-19-22-13-7-8-15-26-22;/h7-9,12-15,17,20H,5-6,10-11,16,18-19H2,1-4H3,(H2,25,27,28);1H. The summed E-state index contributed by atoms with van der Waals surface area (Å²) in [7, 11) is 1.81. The first-order valence-electron chi connectivity index (χ1n) is 11.0. The third-order valence-electron chi connectivity index (χ3n) is 5.08. The monoisotopic (exact) mass is 539 g/mol. The third-order valence-corrected chi connectivity index (χ3v) is 5.08. The Balaban J connectivity index is 0.00000480. The zero-order valence-corrected chi connectivity index (χ0v) is 21.6. The molecule has 0 bridgehead atoms. The minimum Gasteiger partial charge on any atom is -0.487 e. The van der Waals surface area contributed by atoms with Crippen LogP contribution in [-0.4, -0.2) is 48.6 Å². The first kappa shape index (κ1) is 27.2. The molecule has 31 heavy (non-hydrogen) atoms. The second-order valence-corrected chi connectivity index (χ2v) is 7.40. The van der Waals surface area contributed by atoms with Gasteiger partial charge in [0, 0.05) is 25.8 Å². The lowest BCUT2D eigenvalue weighted by atomic mass is 10.2. The molecule has 0 amide bonds. The summed E-state index contributed by atoms with van der Waals surface area (Å²) in [5.41, 5.74) is 2.06. The van der Waals surface area contributed by atoms with Crippen LogP contribution in [0.15, 0.2) is 53.7 Å². The second kappa shape index (κ2) is 15.9. The number of ether oxygens (including phenoxy) is 1. The number of nitrogens with zero attached hydrogens (tertiary/aromatic N) is 3. The number of rotatable bonds is 12. The fraction of sp³-hybridized carbons (Fsp3) is 0.500. The van der Waals surface area contributed by atoms with Gasteiger partial charge >= 0.3 is 0 Å². The smallest absolute Gasteiger partial charge is 0.191 e. The maximum atomic E-state index is 5.87. The lowest BCUT2D eigenvalue weighted by Gasteiger charge is -2.21. The van der Waals surface area contributed by atoms with E-state index in [1.807, 2.05) is 37.4 Å². The minimum absolute atomic E-state index is 0. The zero-order chi connectivity index (χ0) is 21.6. The van der Waals surface area contributed by atoms with Crippen molar-refractivity contribution >= 4 is 29.9 Å². The van der Waals surface area contributed by atoms with Gasteiger partial charge in [0.2, 0.25) is 0 Å². The van der Waals surface area contributed by atoms with Crippen molar-refractivity contribution in [1.29, 1.82) is 0 Å². The molecule has 7 heteroatoms. The maximum Gasteiger partial charge on any atom is 0.191 e. The zero-order valence-electron chi connectivity index (χ0n) is 19.3. The van der Waals surface area contributed by atoms with Gasteiger partial charge in [-0.1, -0.05) is 32.0 Å². The second-order valence-electron chi connectivity index (χ2n) is 7.40. The van der Waals surface area contributed by atoms with E-state index >= 15 is 0 Å². The van der Waals surface area contributed by atoms with Gasteiger partial charge in [0.15, 0.2) is 5.96 Å². The van der Waals surface area contributed by atoms with E-state index in [0.717, 1.165) is 49.0 Å². The quantitative estimate of drug-likeness (QED) is 0.237. The molecule has 0 spiro atoms. The molecule has 1 atom stereocenters. The van der Waals surface area contributed by atoms with Crippen molar-refractivity contribution in [3.05, 3.63) is 59.9 Å². The number of nitrogens with one attached hydrogen (secondary N) is 2. The van der Waals surface area contributed by atoms with E-state index in [1.165, 1.54) is 6.42 Å². The van der Waals surface area contributed by atoms with Gasteiger partial charge in [0.05, 0.1) is 5.69 Å². The minimum atomic E-state index is 0. The van der Waals surface area contributed by atoms with Crippen LogP contribution in [0.2, 0.25) is 0 Å². The highest BCUT2D eigenvalue weighted by Crippen LogP contribution is 2.14. The van der Waals surface area contributed by atoms with E-state index in [9.17, 15) is 0 Å². The van der Waals surface area contributed by atoms with E-state index in [2.05, 4.69) is 58.4 Å². The topological polar surface area (TPSA) is 61.8 Å². The average molecular weight is 540 g/mol. The number of guanidine groups is 1. The molecule has 0 aliphatic carbocycles. The lowest BCUT2D eigenvalue weighted by molar-refractivity contribution is 0.292. The van der Waals surface area contributed by atoms with E-state index in [4.69, 9.17) is 4.74 Å². The van der Waals surface area contributed by atoms with E-state index in [-0.39, 0.29) is 24.0 Å². The lowest BCUT2D eigenvalue weighted by Crippen LogP contribution is -2.42. The molecule has 0 aliphatic rings. The van der Waals surface area contributed by atoms with Gasteiger partial charge in [0.25, 0.3) is 0 Å². The Kier molecular flexibility index (Phi) is 13.9. The number of pyridine rings is 1. The van der Waals surface area contributed by atoms with Crippen LogP contribution >= 0.6 is 24.0 Å². The Labute approximate surface area is 204 Å². The summed E-state index contributed by atoms with van der Waals surface area (Å²) in [6.45, 7) is 11.2. The normalized spacial score (nSPS) is 12.2. The SMILES string of the molecule is CCN(CC)CCCC(C)NC(=NC)NCc1cccc(OCc2ccccn2)c1.I. The Morgan fingerprint density at radius 3 is 2.65 bits per heavy atom. The van der Waals surface area contributed by atoms with Crippen LogP contribution in [0, 0.1) is 0 Å². The number of aromatic nitrogens is 1. The number of aliphatic imine (C=N–C) groups is 1. The molecule has 1 aromatic heterocycles. The third kappa shape index (κ3) is 10.8. The van der Waals surface area contributed by atoms with Crippen LogP contribution < -0.4 is 15.4 Å². The van der Waals surface area contributed by atoms with Crippen molar-refractivity contribution in [2.24, 2.45) is 4.99 Å². The van der Waals surface area contributed by atoms with E-state index < -0.39 is 0 Å². The Morgan fingerprint density at radius 1 is 1.16 bits per heavy atom. The van der Waals surface area contributed by atoms with E-state index in [1.54, 1.807) is 6.20 Å². The highest BCUT2D eigenvalue weighted by molar-refractivity contribution is 14.0. The Bertz CT molecular complexity index is 753. The summed E-state index contributed by atoms with van der Waals surface area (Å²) in [6, 6.07) is 14.3. The molecule has 2 rings (SSSR count). The molecule has 2 aromatic rings.